The first kappa shape index (κ1) is 14.6. The minimum absolute atomic E-state index is 0.126. The van der Waals surface area contributed by atoms with Gasteiger partial charge in [0.2, 0.25) is 10.0 Å². The number of aromatic nitrogens is 4. The largest absolute Gasteiger partial charge is 0.346 e. The standard InChI is InChI=1S/C15H19N5O2S/c1-2-13(23(16,21)22)9-5-10(6-9)20-8-19-12-7-18-15-11(14(12)20)3-4-17-15/h3-4,7-10,13H,2,5-6H2,1H3,(H,17,18)(H2,16,21,22). The lowest BCUT2D eigenvalue weighted by Crippen LogP contribution is -2.41. The van der Waals surface area contributed by atoms with Crippen molar-refractivity contribution in [2.75, 3.05) is 0 Å². The van der Waals surface area contributed by atoms with E-state index >= 15 is 0 Å². The number of pyridine rings is 1. The summed E-state index contributed by atoms with van der Waals surface area (Å²) >= 11 is 0. The van der Waals surface area contributed by atoms with Crippen LogP contribution in [0, 0.1) is 5.92 Å². The Hall–Kier alpha value is -1.93. The first-order chi connectivity index (χ1) is 11.0. The molecule has 7 nitrogen and oxygen atoms in total. The fraction of sp³-hybridized carbons (Fsp3) is 0.467. The smallest absolute Gasteiger partial charge is 0.212 e. The first-order valence-corrected chi connectivity index (χ1v) is 9.40. The van der Waals surface area contributed by atoms with E-state index in [4.69, 9.17) is 5.14 Å². The lowest BCUT2D eigenvalue weighted by atomic mass is 9.77. The highest BCUT2D eigenvalue weighted by Crippen LogP contribution is 2.44. The molecule has 8 heteroatoms. The molecule has 3 aromatic rings. The summed E-state index contributed by atoms with van der Waals surface area (Å²) in [7, 11) is -3.48. The average molecular weight is 333 g/mol. The van der Waals surface area contributed by atoms with Gasteiger partial charge in [-0.1, -0.05) is 6.92 Å². The van der Waals surface area contributed by atoms with E-state index in [1.807, 2.05) is 25.5 Å². The summed E-state index contributed by atoms with van der Waals surface area (Å²) < 4.78 is 25.5. The highest BCUT2D eigenvalue weighted by Gasteiger charge is 2.40. The van der Waals surface area contributed by atoms with E-state index in [-0.39, 0.29) is 12.0 Å². The van der Waals surface area contributed by atoms with Crippen molar-refractivity contribution in [1.29, 1.82) is 0 Å². The minimum atomic E-state index is -3.48. The molecule has 1 saturated carbocycles. The molecule has 0 bridgehead atoms. The molecule has 3 aromatic heterocycles. The Kier molecular flexibility index (Phi) is 3.21. The highest BCUT2D eigenvalue weighted by atomic mass is 32.2. The van der Waals surface area contributed by atoms with Gasteiger partial charge < -0.3 is 9.55 Å². The van der Waals surface area contributed by atoms with E-state index < -0.39 is 15.3 Å². The molecule has 1 aliphatic rings. The van der Waals surface area contributed by atoms with Crippen molar-refractivity contribution in [1.82, 2.24) is 19.5 Å². The first-order valence-electron chi connectivity index (χ1n) is 7.79. The summed E-state index contributed by atoms with van der Waals surface area (Å²) in [5.74, 6) is 0.126. The molecule has 0 saturated heterocycles. The van der Waals surface area contributed by atoms with E-state index in [0.29, 0.717) is 6.42 Å². The lowest BCUT2D eigenvalue weighted by Gasteiger charge is -2.40. The van der Waals surface area contributed by atoms with Crippen molar-refractivity contribution >= 4 is 32.1 Å². The number of sulfonamides is 1. The van der Waals surface area contributed by atoms with Crippen molar-refractivity contribution in [3.8, 4) is 0 Å². The number of hydrogen-bond acceptors (Lipinski definition) is 4. The van der Waals surface area contributed by atoms with E-state index in [9.17, 15) is 8.42 Å². The van der Waals surface area contributed by atoms with Crippen LogP contribution in [0.5, 0.6) is 0 Å². The molecule has 1 unspecified atom stereocenters. The number of H-pyrrole nitrogens is 1. The fourth-order valence-electron chi connectivity index (χ4n) is 3.80. The van der Waals surface area contributed by atoms with Crippen LogP contribution in [0.3, 0.4) is 0 Å². The second-order valence-corrected chi connectivity index (χ2v) is 8.09. The molecule has 1 fully saturated rings. The topological polar surface area (TPSA) is 107 Å². The number of hydrogen-bond donors (Lipinski definition) is 2. The Morgan fingerprint density at radius 1 is 1.43 bits per heavy atom. The van der Waals surface area contributed by atoms with Gasteiger partial charge in [-0.05, 0) is 31.2 Å². The number of rotatable bonds is 4. The summed E-state index contributed by atoms with van der Waals surface area (Å²) in [6.45, 7) is 1.88. The normalized spacial score (nSPS) is 23.2. The summed E-state index contributed by atoms with van der Waals surface area (Å²) in [6, 6.07) is 2.26. The Morgan fingerprint density at radius 2 is 2.22 bits per heavy atom. The molecule has 0 aromatic carbocycles. The molecule has 3 N–H and O–H groups in total. The van der Waals surface area contributed by atoms with Gasteiger partial charge in [-0.3, -0.25) is 0 Å². The molecular formula is C15H19N5O2S. The van der Waals surface area contributed by atoms with Gasteiger partial charge in [0.1, 0.15) is 11.2 Å². The van der Waals surface area contributed by atoms with Crippen LogP contribution < -0.4 is 5.14 Å². The molecule has 0 aliphatic heterocycles. The fourth-order valence-corrected chi connectivity index (χ4v) is 5.03. The van der Waals surface area contributed by atoms with Crippen LogP contribution >= 0.6 is 0 Å². The second-order valence-electron chi connectivity index (χ2n) is 6.30. The lowest BCUT2D eigenvalue weighted by molar-refractivity contribution is 0.191. The third kappa shape index (κ3) is 2.24. The van der Waals surface area contributed by atoms with E-state index in [2.05, 4.69) is 19.5 Å². The zero-order valence-electron chi connectivity index (χ0n) is 12.8. The molecule has 4 rings (SSSR count). The monoisotopic (exact) mass is 333 g/mol. The molecule has 1 aliphatic carbocycles. The maximum atomic E-state index is 11.7. The van der Waals surface area contributed by atoms with Crippen LogP contribution in [0.4, 0.5) is 0 Å². The number of primary sulfonamides is 1. The van der Waals surface area contributed by atoms with Crippen molar-refractivity contribution in [3.05, 3.63) is 24.8 Å². The Morgan fingerprint density at radius 3 is 2.91 bits per heavy atom. The van der Waals surface area contributed by atoms with Gasteiger partial charge in [0.25, 0.3) is 0 Å². The Balaban J connectivity index is 1.66. The number of fused-ring (bicyclic) bond motifs is 3. The van der Waals surface area contributed by atoms with Crippen molar-refractivity contribution in [3.63, 3.8) is 0 Å². The molecule has 0 amide bonds. The third-order valence-electron chi connectivity index (χ3n) is 5.01. The predicted molar refractivity (Wildman–Crippen MR) is 88.3 cm³/mol. The van der Waals surface area contributed by atoms with Crippen LogP contribution in [-0.4, -0.2) is 33.2 Å². The molecule has 23 heavy (non-hydrogen) atoms. The maximum absolute atomic E-state index is 11.7. The predicted octanol–water partition coefficient (Wildman–Crippen LogP) is 1.93. The number of nitrogens with zero attached hydrogens (tertiary/aromatic N) is 3. The summed E-state index contributed by atoms with van der Waals surface area (Å²) in [5, 5.41) is 5.96. The van der Waals surface area contributed by atoms with Crippen LogP contribution in [-0.2, 0) is 10.0 Å². The minimum Gasteiger partial charge on any atom is -0.346 e. The zero-order chi connectivity index (χ0) is 16.2. The molecular weight excluding hydrogens is 314 g/mol. The molecule has 1 atom stereocenters. The number of nitrogens with one attached hydrogen (secondary N) is 1. The maximum Gasteiger partial charge on any atom is 0.212 e. The van der Waals surface area contributed by atoms with Crippen LogP contribution in [0.15, 0.2) is 24.8 Å². The average Bonchev–Trinajstić information content (AvgIpc) is 3.06. The van der Waals surface area contributed by atoms with Crippen molar-refractivity contribution in [2.45, 2.75) is 37.5 Å². The van der Waals surface area contributed by atoms with Crippen molar-refractivity contribution < 1.29 is 8.42 Å². The van der Waals surface area contributed by atoms with Crippen LogP contribution in [0.1, 0.15) is 32.2 Å². The third-order valence-corrected chi connectivity index (χ3v) is 6.57. The number of imidazole rings is 1. The van der Waals surface area contributed by atoms with E-state index in [0.717, 1.165) is 34.9 Å². The van der Waals surface area contributed by atoms with Crippen LogP contribution in [0.2, 0.25) is 0 Å². The number of aromatic amines is 1. The van der Waals surface area contributed by atoms with Gasteiger partial charge in [-0.2, -0.15) is 0 Å². The summed E-state index contributed by atoms with van der Waals surface area (Å²) in [5.41, 5.74) is 2.76. The van der Waals surface area contributed by atoms with Crippen molar-refractivity contribution in [2.24, 2.45) is 11.1 Å². The van der Waals surface area contributed by atoms with Gasteiger partial charge in [-0.25, -0.2) is 23.5 Å². The van der Waals surface area contributed by atoms with Gasteiger partial charge in [0.15, 0.2) is 0 Å². The summed E-state index contributed by atoms with van der Waals surface area (Å²) in [6.07, 6.45) is 7.65. The molecule has 3 heterocycles. The second kappa shape index (κ2) is 5.04. The van der Waals surface area contributed by atoms with Gasteiger partial charge in [0.05, 0.1) is 23.3 Å². The molecule has 0 radical (unpaired) electrons. The number of nitrogens with two attached hydrogens (primary N) is 1. The SMILES string of the molecule is CCC(C1CC(n2cnc3cnc4[nH]ccc4c32)C1)S(N)(=O)=O. The zero-order valence-corrected chi connectivity index (χ0v) is 13.6. The Bertz CT molecular complexity index is 968. The molecule has 122 valence electrons. The van der Waals surface area contributed by atoms with Gasteiger partial charge in [-0.15, -0.1) is 0 Å². The highest BCUT2D eigenvalue weighted by molar-refractivity contribution is 7.89. The summed E-state index contributed by atoms with van der Waals surface area (Å²) in [4.78, 5) is 11.9. The van der Waals surface area contributed by atoms with E-state index in [1.165, 1.54) is 0 Å². The van der Waals surface area contributed by atoms with Crippen LogP contribution in [0.25, 0.3) is 22.1 Å². The van der Waals surface area contributed by atoms with Gasteiger partial charge in [0, 0.05) is 17.6 Å². The Labute approximate surface area is 134 Å². The molecule has 0 spiro atoms. The van der Waals surface area contributed by atoms with Gasteiger partial charge >= 0.3 is 0 Å². The quantitative estimate of drug-likeness (QED) is 0.760. The van der Waals surface area contributed by atoms with E-state index in [1.54, 1.807) is 6.20 Å².